The van der Waals surface area contributed by atoms with E-state index in [2.05, 4.69) is 85.6 Å². The first-order valence-electron chi connectivity index (χ1n) is 17.5. The highest BCUT2D eigenvalue weighted by atomic mass is 31.2. The quantitative estimate of drug-likeness (QED) is 0.135. The highest BCUT2D eigenvalue weighted by Gasteiger charge is 2.55. The van der Waals surface area contributed by atoms with E-state index in [1.165, 1.54) is 0 Å². The number of fused-ring (bicyclic) bond motifs is 7. The molecule has 1 fully saturated rings. The van der Waals surface area contributed by atoms with Crippen LogP contribution < -0.4 is 24.8 Å². The van der Waals surface area contributed by atoms with Gasteiger partial charge in [-0.05, 0) is 93.8 Å². The van der Waals surface area contributed by atoms with Gasteiger partial charge in [-0.25, -0.2) is 0 Å². The Morgan fingerprint density at radius 1 is 0.706 bits per heavy atom. The average Bonchev–Trinajstić information content (AvgIpc) is 3.84. The summed E-state index contributed by atoms with van der Waals surface area (Å²) in [6.45, 7) is 8.24. The number of allylic oxidation sites excluding steroid dienone is 2. The van der Waals surface area contributed by atoms with Crippen LogP contribution in [0.1, 0.15) is 39.2 Å². The Kier molecular flexibility index (Phi) is 6.49. The van der Waals surface area contributed by atoms with E-state index in [4.69, 9.17) is 18.5 Å². The molecular formula is C42H36BN2O5P. The van der Waals surface area contributed by atoms with Gasteiger partial charge < -0.3 is 18.5 Å². The van der Waals surface area contributed by atoms with E-state index in [1.807, 2.05) is 84.9 Å². The van der Waals surface area contributed by atoms with E-state index in [0.29, 0.717) is 5.30 Å². The molecule has 4 aliphatic rings. The van der Waals surface area contributed by atoms with Crippen molar-refractivity contribution in [2.45, 2.75) is 50.9 Å². The number of para-hydroxylation sites is 2. The van der Waals surface area contributed by atoms with Gasteiger partial charge in [0, 0.05) is 16.6 Å². The summed E-state index contributed by atoms with van der Waals surface area (Å²) in [4.78, 5) is 0. The zero-order valence-corrected chi connectivity index (χ0v) is 29.7. The van der Waals surface area contributed by atoms with Crippen LogP contribution in [0.2, 0.25) is 0 Å². The molecule has 10 rings (SSSR count). The van der Waals surface area contributed by atoms with Gasteiger partial charge in [0.25, 0.3) is 0 Å². The first-order valence-corrected chi connectivity index (χ1v) is 19.1. The molecule has 1 saturated heterocycles. The Labute approximate surface area is 297 Å². The van der Waals surface area contributed by atoms with Crippen LogP contribution in [0.5, 0.6) is 5.75 Å². The number of rotatable bonds is 4. The van der Waals surface area contributed by atoms with Crippen molar-refractivity contribution in [1.82, 2.24) is 0 Å². The van der Waals surface area contributed by atoms with E-state index in [-0.39, 0.29) is 12.0 Å². The zero-order chi connectivity index (χ0) is 34.7. The summed E-state index contributed by atoms with van der Waals surface area (Å²) in [7, 11) is -4.35. The third-order valence-electron chi connectivity index (χ3n) is 11.2. The van der Waals surface area contributed by atoms with E-state index >= 15 is 4.57 Å². The number of furan rings is 1. The number of nitrogens with zero attached hydrogens (tertiary/aromatic N) is 2. The number of ether oxygens (including phenoxy) is 1. The topological polar surface area (TPSA) is 64.4 Å². The molecule has 51 heavy (non-hydrogen) atoms. The fourth-order valence-electron chi connectivity index (χ4n) is 8.04. The number of hydrogen-bond acceptors (Lipinski definition) is 5. The van der Waals surface area contributed by atoms with E-state index in [1.54, 1.807) is 0 Å². The first-order chi connectivity index (χ1) is 24.7. The van der Waals surface area contributed by atoms with Gasteiger partial charge in [-0.3, -0.25) is 13.9 Å². The lowest BCUT2D eigenvalue weighted by Crippen LogP contribution is -2.41. The summed E-state index contributed by atoms with van der Waals surface area (Å²) < 4.78 is 47.1. The molecule has 9 heteroatoms. The Morgan fingerprint density at radius 2 is 1.43 bits per heavy atom. The summed E-state index contributed by atoms with van der Waals surface area (Å²) >= 11 is 0. The summed E-state index contributed by atoms with van der Waals surface area (Å²) in [5.74, 6) is 0.686. The summed E-state index contributed by atoms with van der Waals surface area (Å²) in [6, 6.07) is 38.3. The largest absolute Gasteiger partial charge is 0.494 e. The number of anilines is 3. The van der Waals surface area contributed by atoms with Gasteiger partial charge in [-0.1, -0.05) is 72.8 Å². The van der Waals surface area contributed by atoms with Crippen molar-refractivity contribution in [3.8, 4) is 5.75 Å². The standard InChI is InChI=1S/C42H36BN2O5P/c1-41(2)42(3,4)50-43(49-41)27-24-25-31-34(26-27)45(33-19-13-23-38-40(33)30-17-9-11-21-36(30)48-38)51(46,28-14-6-5-7-15-28)44(31)32-18-12-22-37-39(32)29-16-8-10-20-35(29)47-37/h5-26,37,39H,1-4H3. The van der Waals surface area contributed by atoms with Crippen molar-refractivity contribution in [2.24, 2.45) is 0 Å². The molecule has 3 aliphatic heterocycles. The molecule has 0 spiro atoms. The van der Waals surface area contributed by atoms with Crippen molar-refractivity contribution < 1.29 is 23.0 Å². The minimum absolute atomic E-state index is 0.163. The van der Waals surface area contributed by atoms with E-state index < -0.39 is 25.8 Å². The third-order valence-corrected chi connectivity index (χ3v) is 14.1. The van der Waals surface area contributed by atoms with Gasteiger partial charge in [0.1, 0.15) is 23.0 Å². The predicted molar refractivity (Wildman–Crippen MR) is 205 cm³/mol. The maximum Gasteiger partial charge on any atom is 0.494 e. The minimum atomic E-state index is -3.75. The third kappa shape index (κ3) is 4.31. The van der Waals surface area contributed by atoms with E-state index in [0.717, 1.165) is 61.5 Å². The second kappa shape index (κ2) is 10.8. The summed E-state index contributed by atoms with van der Waals surface area (Å²) in [5.41, 5.74) is 5.74. The van der Waals surface area contributed by atoms with Crippen LogP contribution in [0, 0.1) is 0 Å². The lowest BCUT2D eigenvalue weighted by atomic mass is 9.78. The Bertz CT molecular complexity index is 2490. The monoisotopic (exact) mass is 690 g/mol. The molecule has 0 amide bonds. The van der Waals surface area contributed by atoms with Crippen molar-refractivity contribution in [1.29, 1.82) is 0 Å². The van der Waals surface area contributed by atoms with Crippen LogP contribution in [0.25, 0.3) is 21.9 Å². The smallest absolute Gasteiger partial charge is 0.485 e. The molecule has 3 atom stereocenters. The van der Waals surface area contributed by atoms with Crippen LogP contribution in [0.15, 0.2) is 144 Å². The summed E-state index contributed by atoms with van der Waals surface area (Å²) in [6.07, 6.45) is 6.00. The lowest BCUT2D eigenvalue weighted by Gasteiger charge is -2.37. The second-order valence-corrected chi connectivity index (χ2v) is 17.1. The van der Waals surface area contributed by atoms with Gasteiger partial charge in [0.15, 0.2) is 0 Å². The number of hydrogen-bond donors (Lipinski definition) is 0. The predicted octanol–water partition coefficient (Wildman–Crippen LogP) is 9.36. The highest BCUT2D eigenvalue weighted by molar-refractivity contribution is 7.75. The first kappa shape index (κ1) is 30.8. The Hall–Kier alpha value is -5.01. The van der Waals surface area contributed by atoms with Crippen LogP contribution in [-0.4, -0.2) is 24.4 Å². The fourth-order valence-corrected chi connectivity index (χ4v) is 11.1. The molecular weight excluding hydrogens is 654 g/mol. The van der Waals surface area contributed by atoms with Gasteiger partial charge in [0.2, 0.25) is 0 Å². The Morgan fingerprint density at radius 3 is 2.25 bits per heavy atom. The Balaban J connectivity index is 1.27. The van der Waals surface area contributed by atoms with Crippen molar-refractivity contribution in [3.05, 3.63) is 145 Å². The van der Waals surface area contributed by atoms with Crippen LogP contribution in [0.4, 0.5) is 17.1 Å². The molecule has 3 unspecified atom stereocenters. The molecule has 1 aromatic heterocycles. The summed E-state index contributed by atoms with van der Waals surface area (Å²) in [5, 5.41) is 2.58. The van der Waals surface area contributed by atoms with Crippen molar-refractivity contribution in [3.63, 3.8) is 0 Å². The second-order valence-electron chi connectivity index (χ2n) is 14.7. The van der Waals surface area contributed by atoms with Crippen LogP contribution in [0.3, 0.4) is 0 Å². The fraction of sp³-hybridized carbons (Fsp3) is 0.190. The van der Waals surface area contributed by atoms with Crippen LogP contribution >= 0.6 is 7.44 Å². The lowest BCUT2D eigenvalue weighted by molar-refractivity contribution is 0.00578. The maximum absolute atomic E-state index is 16.9. The normalized spacial score (nSPS) is 24.1. The highest BCUT2D eigenvalue weighted by Crippen LogP contribution is 2.71. The average molecular weight is 691 g/mol. The van der Waals surface area contributed by atoms with Gasteiger partial charge in [-0.2, -0.15) is 0 Å². The van der Waals surface area contributed by atoms with Gasteiger partial charge in [0.05, 0.1) is 44.9 Å². The van der Waals surface area contributed by atoms with Crippen molar-refractivity contribution >= 4 is 64.3 Å². The van der Waals surface area contributed by atoms with E-state index in [9.17, 15) is 0 Å². The SMILES string of the molecule is CC1(C)OB(c2ccc3c(c2)N(c2cccc4oc5ccccc5c24)P(=O)(c2ccccc2)N3C2=CC=CC3Oc4ccccc4C23)OC1(C)C. The molecule has 0 bridgehead atoms. The van der Waals surface area contributed by atoms with Gasteiger partial charge >= 0.3 is 14.6 Å². The molecule has 6 aromatic rings. The van der Waals surface area contributed by atoms with Gasteiger partial charge in [-0.15, -0.1) is 0 Å². The molecule has 0 radical (unpaired) electrons. The number of benzene rings is 5. The molecule has 0 N–H and O–H groups in total. The molecule has 1 aliphatic carbocycles. The minimum Gasteiger partial charge on any atom is -0.485 e. The van der Waals surface area contributed by atoms with Crippen molar-refractivity contribution in [2.75, 3.05) is 9.34 Å². The molecule has 0 saturated carbocycles. The molecule has 4 heterocycles. The molecule has 252 valence electrons. The zero-order valence-electron chi connectivity index (χ0n) is 28.8. The molecule has 5 aromatic carbocycles. The molecule has 7 nitrogen and oxygen atoms in total. The van der Waals surface area contributed by atoms with Crippen LogP contribution in [-0.2, 0) is 13.9 Å². The maximum atomic E-state index is 16.9.